The van der Waals surface area contributed by atoms with Gasteiger partial charge in [-0.15, -0.1) is 0 Å². The molecule has 0 aliphatic rings. The number of nitrogens with zero attached hydrogens (tertiary/aromatic N) is 1. The maximum atomic E-state index is 6.34. The summed E-state index contributed by atoms with van der Waals surface area (Å²) >= 11 is 0. The normalized spacial score (nSPS) is 11.6. The first-order valence-corrected chi connectivity index (χ1v) is 17.1. The number of fused-ring (bicyclic) bond motifs is 6. The number of benzene rings is 9. The van der Waals surface area contributed by atoms with E-state index in [1.54, 1.807) is 0 Å². The Bertz CT molecular complexity index is 2770. The van der Waals surface area contributed by atoms with Crippen molar-refractivity contribution in [2.45, 2.75) is 0 Å². The molecule has 10 aromatic rings. The van der Waals surface area contributed by atoms with Crippen LogP contribution >= 0.6 is 0 Å². The Morgan fingerprint density at radius 3 is 1.38 bits per heavy atom. The second kappa shape index (κ2) is 11.5. The van der Waals surface area contributed by atoms with Crippen LogP contribution in [0.5, 0.6) is 0 Å². The van der Waals surface area contributed by atoms with Gasteiger partial charge in [-0.2, -0.15) is 0 Å². The largest absolute Gasteiger partial charge is 0.456 e. The van der Waals surface area contributed by atoms with Crippen LogP contribution in [-0.4, -0.2) is 0 Å². The minimum absolute atomic E-state index is 0.910. The van der Waals surface area contributed by atoms with Crippen molar-refractivity contribution in [1.29, 1.82) is 0 Å². The molecule has 0 spiro atoms. The van der Waals surface area contributed by atoms with Crippen LogP contribution in [0.15, 0.2) is 192 Å². The van der Waals surface area contributed by atoms with Crippen LogP contribution in [0.2, 0.25) is 0 Å². The first-order valence-electron chi connectivity index (χ1n) is 17.1. The lowest BCUT2D eigenvalue weighted by Crippen LogP contribution is -2.09. The predicted molar refractivity (Wildman–Crippen MR) is 212 cm³/mol. The Labute approximate surface area is 290 Å². The monoisotopic (exact) mass is 637 g/mol. The summed E-state index contributed by atoms with van der Waals surface area (Å²) in [5, 5.41) is 9.64. The molecular formula is C48H31NO. The molecule has 1 heterocycles. The highest BCUT2D eigenvalue weighted by Gasteiger charge is 2.19. The van der Waals surface area contributed by atoms with Crippen molar-refractivity contribution in [3.8, 4) is 22.3 Å². The smallest absolute Gasteiger partial charge is 0.136 e. The Hall–Kier alpha value is -6.64. The molecule has 0 fully saturated rings. The van der Waals surface area contributed by atoms with Gasteiger partial charge in [0.25, 0.3) is 0 Å². The van der Waals surface area contributed by atoms with E-state index in [-0.39, 0.29) is 0 Å². The Morgan fingerprint density at radius 1 is 0.300 bits per heavy atom. The number of para-hydroxylation sites is 3. The number of hydrogen-bond donors (Lipinski definition) is 0. The predicted octanol–water partition coefficient (Wildman–Crippen LogP) is 13.8. The number of hydrogen-bond acceptors (Lipinski definition) is 2. The third kappa shape index (κ3) is 4.57. The highest BCUT2D eigenvalue weighted by Crippen LogP contribution is 2.45. The van der Waals surface area contributed by atoms with Gasteiger partial charge < -0.3 is 9.32 Å². The van der Waals surface area contributed by atoms with E-state index in [0.29, 0.717) is 0 Å². The maximum Gasteiger partial charge on any atom is 0.136 e. The molecule has 0 saturated heterocycles. The Morgan fingerprint density at radius 2 is 0.760 bits per heavy atom. The van der Waals surface area contributed by atoms with Gasteiger partial charge >= 0.3 is 0 Å². The summed E-state index contributed by atoms with van der Waals surface area (Å²) in [5.41, 5.74) is 10.1. The molecule has 2 heteroatoms. The topological polar surface area (TPSA) is 16.4 Å². The van der Waals surface area contributed by atoms with E-state index in [9.17, 15) is 0 Å². The summed E-state index contributed by atoms with van der Waals surface area (Å²) in [6.07, 6.45) is 0. The summed E-state index contributed by atoms with van der Waals surface area (Å²) in [6.45, 7) is 0. The average molecular weight is 638 g/mol. The molecule has 0 bridgehead atoms. The van der Waals surface area contributed by atoms with E-state index in [4.69, 9.17) is 4.42 Å². The van der Waals surface area contributed by atoms with Gasteiger partial charge in [-0.3, -0.25) is 0 Å². The number of furan rings is 1. The van der Waals surface area contributed by atoms with Crippen molar-refractivity contribution in [3.63, 3.8) is 0 Å². The van der Waals surface area contributed by atoms with Crippen molar-refractivity contribution in [3.05, 3.63) is 188 Å². The molecule has 0 N–H and O–H groups in total. The first-order chi connectivity index (χ1) is 24.8. The molecule has 0 aliphatic heterocycles. The van der Waals surface area contributed by atoms with Crippen LogP contribution < -0.4 is 4.90 Å². The highest BCUT2D eigenvalue weighted by molar-refractivity contribution is 6.22. The number of anilines is 3. The van der Waals surface area contributed by atoms with Crippen LogP contribution in [0.3, 0.4) is 0 Å². The summed E-state index contributed by atoms with van der Waals surface area (Å²) in [5.74, 6) is 0. The highest BCUT2D eigenvalue weighted by atomic mass is 16.3. The van der Waals surface area contributed by atoms with Gasteiger partial charge in [0.05, 0.1) is 0 Å². The summed E-state index contributed by atoms with van der Waals surface area (Å²) in [4.78, 5) is 2.32. The quantitative estimate of drug-likeness (QED) is 0.175. The van der Waals surface area contributed by atoms with Crippen LogP contribution in [0.4, 0.5) is 17.1 Å². The lowest BCUT2D eigenvalue weighted by Gasteiger charge is -2.25. The molecular weight excluding hydrogens is 607 g/mol. The third-order valence-electron chi connectivity index (χ3n) is 10.00. The minimum atomic E-state index is 0.910. The molecule has 0 unspecified atom stereocenters. The maximum absolute atomic E-state index is 6.34. The first kappa shape index (κ1) is 28.4. The van der Waals surface area contributed by atoms with Crippen molar-refractivity contribution in [2.24, 2.45) is 0 Å². The van der Waals surface area contributed by atoms with Gasteiger partial charge in [-0.05, 0) is 115 Å². The fraction of sp³-hybridized carbons (Fsp3) is 0. The molecule has 1 aromatic heterocycles. The number of rotatable bonds is 5. The SMILES string of the molecule is c1ccc(N(c2ccccc2)c2ccc3cc(-c4c5ccccc5c(-c5ccc6c(c5)oc5ccccc56)c5ccccc45)ccc3c2)cc1. The Kier molecular flexibility index (Phi) is 6.53. The zero-order valence-corrected chi connectivity index (χ0v) is 27.3. The van der Waals surface area contributed by atoms with Gasteiger partial charge in [-0.25, -0.2) is 0 Å². The fourth-order valence-electron chi connectivity index (χ4n) is 7.76. The summed E-state index contributed by atoms with van der Waals surface area (Å²) in [7, 11) is 0. The van der Waals surface area contributed by atoms with Crippen LogP contribution in [0.1, 0.15) is 0 Å². The minimum Gasteiger partial charge on any atom is -0.456 e. The molecule has 0 radical (unpaired) electrons. The van der Waals surface area contributed by atoms with Crippen molar-refractivity contribution < 1.29 is 4.42 Å². The van der Waals surface area contributed by atoms with E-state index >= 15 is 0 Å². The van der Waals surface area contributed by atoms with E-state index in [2.05, 4.69) is 181 Å². The third-order valence-corrected chi connectivity index (χ3v) is 10.00. The second-order valence-corrected chi connectivity index (χ2v) is 12.9. The molecule has 9 aromatic carbocycles. The van der Waals surface area contributed by atoms with Gasteiger partial charge in [0.1, 0.15) is 11.2 Å². The van der Waals surface area contributed by atoms with Gasteiger partial charge in [0.2, 0.25) is 0 Å². The van der Waals surface area contributed by atoms with Gasteiger partial charge in [0.15, 0.2) is 0 Å². The van der Waals surface area contributed by atoms with Gasteiger partial charge in [0, 0.05) is 27.8 Å². The van der Waals surface area contributed by atoms with Crippen molar-refractivity contribution >= 4 is 71.3 Å². The Balaban J connectivity index is 1.14. The van der Waals surface area contributed by atoms with E-state index in [1.807, 2.05) is 12.1 Å². The van der Waals surface area contributed by atoms with E-state index < -0.39 is 0 Å². The summed E-state index contributed by atoms with van der Waals surface area (Å²) < 4.78 is 6.34. The average Bonchev–Trinajstić information content (AvgIpc) is 3.55. The molecule has 0 atom stereocenters. The summed E-state index contributed by atoms with van der Waals surface area (Å²) in [6, 6.07) is 67.5. The fourth-order valence-corrected chi connectivity index (χ4v) is 7.76. The second-order valence-electron chi connectivity index (χ2n) is 12.9. The van der Waals surface area contributed by atoms with E-state index in [1.165, 1.54) is 49.0 Å². The molecule has 0 saturated carbocycles. The van der Waals surface area contributed by atoms with Crippen LogP contribution in [-0.2, 0) is 0 Å². The molecule has 0 amide bonds. The lowest BCUT2D eigenvalue weighted by atomic mass is 9.85. The molecule has 2 nitrogen and oxygen atoms in total. The van der Waals surface area contributed by atoms with Crippen molar-refractivity contribution in [2.75, 3.05) is 4.90 Å². The molecule has 234 valence electrons. The standard InChI is InChI=1S/C48H31NO/c1-3-13-36(14-4-1)49(37-15-5-2-6-16-37)38-27-25-32-29-34(24-23-33(32)30-38)47-41-18-7-9-20-43(41)48(44-21-10-8-19-42(44)47)35-26-28-40-39-17-11-12-22-45(39)50-46(40)31-35/h1-31H. The van der Waals surface area contributed by atoms with E-state index in [0.717, 1.165) is 44.6 Å². The van der Waals surface area contributed by atoms with Crippen LogP contribution in [0.25, 0.3) is 76.5 Å². The zero-order valence-electron chi connectivity index (χ0n) is 27.3. The lowest BCUT2D eigenvalue weighted by molar-refractivity contribution is 0.669. The zero-order chi connectivity index (χ0) is 33.0. The molecule has 50 heavy (non-hydrogen) atoms. The molecule has 0 aliphatic carbocycles. The van der Waals surface area contributed by atoms with Crippen molar-refractivity contribution in [1.82, 2.24) is 0 Å². The van der Waals surface area contributed by atoms with Crippen LogP contribution in [0, 0.1) is 0 Å². The van der Waals surface area contributed by atoms with Gasteiger partial charge in [-0.1, -0.05) is 127 Å². The molecule has 10 rings (SSSR count).